The predicted molar refractivity (Wildman–Crippen MR) is 76.4 cm³/mol. The molecule has 0 fully saturated rings. The summed E-state index contributed by atoms with van der Waals surface area (Å²) in [6, 6.07) is 0. The minimum atomic E-state index is 0.405. The van der Waals surface area contributed by atoms with Gasteiger partial charge in [0.05, 0.1) is 0 Å². The average molecular weight is 243 g/mol. The lowest BCUT2D eigenvalue weighted by atomic mass is 9.82. The number of ether oxygens (including phenoxy) is 1. The van der Waals surface area contributed by atoms with Gasteiger partial charge in [-0.2, -0.15) is 0 Å². The van der Waals surface area contributed by atoms with Crippen LogP contribution in [-0.2, 0) is 4.74 Å². The van der Waals surface area contributed by atoms with Gasteiger partial charge in [0.25, 0.3) is 0 Å². The lowest BCUT2D eigenvalue weighted by Crippen LogP contribution is -2.33. The van der Waals surface area contributed by atoms with E-state index >= 15 is 0 Å². The zero-order chi connectivity index (χ0) is 13.1. The van der Waals surface area contributed by atoms with Gasteiger partial charge in [-0.3, -0.25) is 0 Å². The van der Waals surface area contributed by atoms with Crippen molar-refractivity contribution in [1.29, 1.82) is 0 Å². The third-order valence-electron chi connectivity index (χ3n) is 3.34. The number of rotatable bonds is 11. The molecule has 1 atom stereocenters. The fourth-order valence-electron chi connectivity index (χ4n) is 2.07. The van der Waals surface area contributed by atoms with E-state index < -0.39 is 0 Å². The summed E-state index contributed by atoms with van der Waals surface area (Å²) in [5.74, 6) is 0.749. The Labute approximate surface area is 109 Å². The molecule has 0 spiro atoms. The molecule has 17 heavy (non-hydrogen) atoms. The molecule has 2 heteroatoms. The van der Waals surface area contributed by atoms with Crippen molar-refractivity contribution in [3.63, 3.8) is 0 Å². The summed E-state index contributed by atoms with van der Waals surface area (Å²) in [5, 5.41) is 3.48. The van der Waals surface area contributed by atoms with Crippen LogP contribution in [0.2, 0.25) is 0 Å². The van der Waals surface area contributed by atoms with Crippen LogP contribution in [0, 0.1) is 11.3 Å². The molecule has 0 aromatic carbocycles. The molecule has 0 radical (unpaired) electrons. The van der Waals surface area contributed by atoms with Crippen LogP contribution in [0.3, 0.4) is 0 Å². The summed E-state index contributed by atoms with van der Waals surface area (Å²) in [6.07, 6.45) is 4.89. The minimum absolute atomic E-state index is 0.405. The first-order chi connectivity index (χ1) is 8.04. The highest BCUT2D eigenvalue weighted by Gasteiger charge is 2.22. The van der Waals surface area contributed by atoms with Gasteiger partial charge in [0.1, 0.15) is 0 Å². The Morgan fingerprint density at radius 2 is 1.82 bits per heavy atom. The van der Waals surface area contributed by atoms with Crippen LogP contribution < -0.4 is 5.32 Å². The van der Waals surface area contributed by atoms with Crippen molar-refractivity contribution in [2.75, 3.05) is 26.3 Å². The molecule has 2 nitrogen and oxygen atoms in total. The standard InChI is InChI=1S/C15H33NO/c1-6-9-15(5,13-16-7-2)10-12-17-11-8-14(3)4/h14,16H,6-13H2,1-5H3. The third-order valence-corrected chi connectivity index (χ3v) is 3.34. The molecule has 0 aromatic heterocycles. The molecule has 0 saturated heterocycles. The maximum absolute atomic E-state index is 5.74. The molecule has 0 bridgehead atoms. The van der Waals surface area contributed by atoms with Crippen molar-refractivity contribution < 1.29 is 4.74 Å². The Morgan fingerprint density at radius 1 is 1.12 bits per heavy atom. The minimum Gasteiger partial charge on any atom is -0.381 e. The van der Waals surface area contributed by atoms with Gasteiger partial charge in [-0.1, -0.05) is 41.0 Å². The second-order valence-electron chi connectivity index (χ2n) is 5.89. The summed E-state index contributed by atoms with van der Waals surface area (Å²) < 4.78 is 5.74. The van der Waals surface area contributed by atoms with Gasteiger partial charge in [0.2, 0.25) is 0 Å². The summed E-state index contributed by atoms with van der Waals surface area (Å²) in [4.78, 5) is 0. The lowest BCUT2D eigenvalue weighted by molar-refractivity contribution is 0.0877. The quantitative estimate of drug-likeness (QED) is 0.556. The number of hydrogen-bond donors (Lipinski definition) is 1. The second-order valence-corrected chi connectivity index (χ2v) is 5.89. The molecule has 0 heterocycles. The van der Waals surface area contributed by atoms with Crippen LogP contribution in [-0.4, -0.2) is 26.3 Å². The molecule has 0 rings (SSSR count). The Balaban J connectivity index is 3.75. The predicted octanol–water partition coefficient (Wildman–Crippen LogP) is 3.86. The van der Waals surface area contributed by atoms with E-state index in [9.17, 15) is 0 Å². The van der Waals surface area contributed by atoms with Crippen molar-refractivity contribution >= 4 is 0 Å². The van der Waals surface area contributed by atoms with Crippen LogP contribution in [0.4, 0.5) is 0 Å². The van der Waals surface area contributed by atoms with E-state index in [0.29, 0.717) is 5.41 Å². The molecule has 0 aliphatic carbocycles. The van der Waals surface area contributed by atoms with Gasteiger partial charge >= 0.3 is 0 Å². The van der Waals surface area contributed by atoms with E-state index in [4.69, 9.17) is 4.74 Å². The van der Waals surface area contributed by atoms with Crippen molar-refractivity contribution in [1.82, 2.24) is 5.32 Å². The Hall–Kier alpha value is -0.0800. The molecule has 0 aliphatic rings. The van der Waals surface area contributed by atoms with Crippen molar-refractivity contribution in [3.8, 4) is 0 Å². The zero-order valence-corrected chi connectivity index (χ0v) is 12.6. The Bertz CT molecular complexity index is 170. The van der Waals surface area contributed by atoms with Gasteiger partial charge in [-0.15, -0.1) is 0 Å². The van der Waals surface area contributed by atoms with E-state index in [1.807, 2.05) is 0 Å². The first-order valence-electron chi connectivity index (χ1n) is 7.32. The van der Waals surface area contributed by atoms with E-state index in [1.54, 1.807) is 0 Å². The van der Waals surface area contributed by atoms with Crippen molar-refractivity contribution in [2.24, 2.45) is 11.3 Å². The summed E-state index contributed by atoms with van der Waals surface area (Å²) >= 11 is 0. The normalized spacial score (nSPS) is 15.2. The molecular formula is C15H33NO. The molecule has 1 unspecified atom stereocenters. The average Bonchev–Trinajstić information content (AvgIpc) is 2.26. The monoisotopic (exact) mass is 243 g/mol. The number of hydrogen-bond acceptors (Lipinski definition) is 2. The van der Waals surface area contributed by atoms with Gasteiger partial charge in [0.15, 0.2) is 0 Å². The maximum Gasteiger partial charge on any atom is 0.0471 e. The first-order valence-corrected chi connectivity index (χ1v) is 7.32. The first kappa shape index (κ1) is 16.9. The largest absolute Gasteiger partial charge is 0.381 e. The van der Waals surface area contributed by atoms with Gasteiger partial charge < -0.3 is 10.1 Å². The molecule has 1 N–H and O–H groups in total. The van der Waals surface area contributed by atoms with Crippen LogP contribution in [0.15, 0.2) is 0 Å². The van der Waals surface area contributed by atoms with Gasteiger partial charge in [-0.25, -0.2) is 0 Å². The highest BCUT2D eigenvalue weighted by Crippen LogP contribution is 2.26. The van der Waals surface area contributed by atoms with Crippen LogP contribution in [0.25, 0.3) is 0 Å². The molecule has 0 aliphatic heterocycles. The second kappa shape index (κ2) is 9.90. The molecule has 0 saturated carbocycles. The van der Waals surface area contributed by atoms with E-state index in [1.165, 1.54) is 25.7 Å². The van der Waals surface area contributed by atoms with Crippen LogP contribution in [0.1, 0.15) is 60.3 Å². The summed E-state index contributed by atoms with van der Waals surface area (Å²) in [5.41, 5.74) is 0.405. The van der Waals surface area contributed by atoms with Gasteiger partial charge in [0, 0.05) is 19.8 Å². The Morgan fingerprint density at radius 3 is 2.35 bits per heavy atom. The SMILES string of the molecule is CCCC(C)(CCOCCC(C)C)CNCC. The zero-order valence-electron chi connectivity index (χ0n) is 12.6. The highest BCUT2D eigenvalue weighted by molar-refractivity contribution is 4.76. The third kappa shape index (κ3) is 9.61. The van der Waals surface area contributed by atoms with E-state index in [0.717, 1.165) is 32.2 Å². The highest BCUT2D eigenvalue weighted by atomic mass is 16.5. The summed E-state index contributed by atoms with van der Waals surface area (Å²) in [7, 11) is 0. The summed E-state index contributed by atoms with van der Waals surface area (Å²) in [6.45, 7) is 15.3. The van der Waals surface area contributed by atoms with Gasteiger partial charge in [-0.05, 0) is 37.1 Å². The molecule has 0 aromatic rings. The Kier molecular flexibility index (Phi) is 9.85. The van der Waals surface area contributed by atoms with E-state index in [-0.39, 0.29) is 0 Å². The molecule has 0 amide bonds. The fourth-order valence-corrected chi connectivity index (χ4v) is 2.07. The van der Waals surface area contributed by atoms with Crippen molar-refractivity contribution in [3.05, 3.63) is 0 Å². The lowest BCUT2D eigenvalue weighted by Gasteiger charge is -2.29. The maximum atomic E-state index is 5.74. The number of nitrogens with one attached hydrogen (secondary N) is 1. The fraction of sp³-hybridized carbons (Fsp3) is 1.00. The molecule has 104 valence electrons. The van der Waals surface area contributed by atoms with Crippen molar-refractivity contribution in [2.45, 2.75) is 60.3 Å². The van der Waals surface area contributed by atoms with Crippen LogP contribution in [0.5, 0.6) is 0 Å². The smallest absolute Gasteiger partial charge is 0.0471 e. The topological polar surface area (TPSA) is 21.3 Å². The molecular weight excluding hydrogens is 210 g/mol. The van der Waals surface area contributed by atoms with Crippen LogP contribution >= 0.6 is 0 Å². The van der Waals surface area contributed by atoms with E-state index in [2.05, 4.69) is 39.9 Å².